The molecular formula is C17H19BrClN3S. The molecule has 23 heavy (non-hydrogen) atoms. The van der Waals surface area contributed by atoms with Crippen molar-refractivity contribution in [3.05, 3.63) is 58.0 Å². The van der Waals surface area contributed by atoms with Crippen LogP contribution in [0.3, 0.4) is 0 Å². The number of pyridine rings is 1. The molecule has 0 amide bonds. The average Bonchev–Trinajstić information content (AvgIpc) is 2.92. The van der Waals surface area contributed by atoms with Crippen molar-refractivity contribution in [1.29, 1.82) is 0 Å². The Labute approximate surface area is 155 Å². The Hall–Kier alpha value is -1.04. The van der Waals surface area contributed by atoms with E-state index >= 15 is 0 Å². The van der Waals surface area contributed by atoms with Crippen molar-refractivity contribution >= 4 is 39.3 Å². The zero-order valence-electron chi connectivity index (χ0n) is 13.2. The van der Waals surface area contributed by atoms with Crippen LogP contribution in [-0.2, 0) is 13.0 Å². The normalized spacial score (nSPS) is 12.3. The van der Waals surface area contributed by atoms with Gasteiger partial charge in [0.05, 0.1) is 15.6 Å². The summed E-state index contributed by atoms with van der Waals surface area (Å²) in [7, 11) is 0. The number of aromatic nitrogens is 3. The minimum atomic E-state index is 0.648. The van der Waals surface area contributed by atoms with Crippen molar-refractivity contribution in [3.8, 4) is 0 Å². The van der Waals surface area contributed by atoms with Gasteiger partial charge in [-0.3, -0.25) is 4.68 Å². The minimum Gasteiger partial charge on any atom is -0.272 e. The van der Waals surface area contributed by atoms with Crippen LogP contribution in [0.1, 0.15) is 26.0 Å². The quantitative estimate of drug-likeness (QED) is 0.531. The van der Waals surface area contributed by atoms with E-state index in [2.05, 4.69) is 64.3 Å². The van der Waals surface area contributed by atoms with Crippen LogP contribution in [0, 0.1) is 0 Å². The Morgan fingerprint density at radius 3 is 2.87 bits per heavy atom. The van der Waals surface area contributed by atoms with E-state index in [0.29, 0.717) is 5.02 Å². The lowest BCUT2D eigenvalue weighted by molar-refractivity contribution is 0.650. The van der Waals surface area contributed by atoms with Crippen molar-refractivity contribution in [2.24, 2.45) is 0 Å². The molecule has 0 radical (unpaired) electrons. The Morgan fingerprint density at radius 2 is 2.22 bits per heavy atom. The zero-order valence-corrected chi connectivity index (χ0v) is 16.3. The highest BCUT2D eigenvalue weighted by molar-refractivity contribution is 9.11. The van der Waals surface area contributed by atoms with Crippen LogP contribution >= 0.6 is 39.3 Å². The van der Waals surface area contributed by atoms with Crippen molar-refractivity contribution in [1.82, 2.24) is 14.8 Å². The molecule has 0 aliphatic rings. The van der Waals surface area contributed by atoms with Crippen molar-refractivity contribution in [2.75, 3.05) is 0 Å². The summed E-state index contributed by atoms with van der Waals surface area (Å²) < 4.78 is 3.06. The van der Waals surface area contributed by atoms with E-state index in [9.17, 15) is 0 Å². The second-order valence-electron chi connectivity index (χ2n) is 4.82. The predicted octanol–water partition coefficient (Wildman–Crippen LogP) is 5.89. The molecule has 0 bridgehead atoms. The highest BCUT2D eigenvalue weighted by Gasteiger charge is 2.10. The van der Waals surface area contributed by atoms with Gasteiger partial charge in [0.15, 0.2) is 0 Å². The van der Waals surface area contributed by atoms with Gasteiger partial charge in [0.2, 0.25) is 0 Å². The first-order valence-corrected chi connectivity index (χ1v) is 9.49. The molecule has 0 N–H and O–H groups in total. The van der Waals surface area contributed by atoms with Gasteiger partial charge in [-0.25, -0.2) is 4.98 Å². The van der Waals surface area contributed by atoms with Gasteiger partial charge in [-0.2, -0.15) is 5.10 Å². The maximum atomic E-state index is 5.89. The van der Waals surface area contributed by atoms with Crippen LogP contribution in [0.2, 0.25) is 5.02 Å². The Balaban J connectivity index is 2.14. The fourth-order valence-electron chi connectivity index (χ4n) is 1.91. The lowest BCUT2D eigenvalue weighted by Crippen LogP contribution is -1.95. The number of allylic oxidation sites excluding steroid dienone is 4. The first-order chi connectivity index (χ1) is 11.1. The molecule has 0 saturated heterocycles. The Bertz CT molecular complexity index is 692. The molecule has 0 atom stereocenters. The topological polar surface area (TPSA) is 30.7 Å². The molecular weight excluding hydrogens is 394 g/mol. The smallest absolute Gasteiger partial charge is 0.101 e. The molecule has 0 spiro atoms. The second kappa shape index (κ2) is 9.30. The molecule has 0 fully saturated rings. The molecule has 2 aromatic heterocycles. The third kappa shape index (κ3) is 5.83. The van der Waals surface area contributed by atoms with E-state index in [4.69, 9.17) is 11.6 Å². The van der Waals surface area contributed by atoms with Gasteiger partial charge in [0.1, 0.15) is 5.03 Å². The number of nitrogens with zero attached hydrogens (tertiary/aromatic N) is 3. The van der Waals surface area contributed by atoms with E-state index < -0.39 is 0 Å². The van der Waals surface area contributed by atoms with Crippen LogP contribution in [0.5, 0.6) is 0 Å². The third-order valence-electron chi connectivity index (χ3n) is 3.03. The summed E-state index contributed by atoms with van der Waals surface area (Å²) in [6.07, 6.45) is 11.9. The Morgan fingerprint density at radius 1 is 1.39 bits per heavy atom. The predicted molar refractivity (Wildman–Crippen MR) is 101 cm³/mol. The number of halogens is 2. The van der Waals surface area contributed by atoms with Gasteiger partial charge in [-0.05, 0) is 25.5 Å². The summed E-state index contributed by atoms with van der Waals surface area (Å²) in [5.74, 6) is 0. The summed E-state index contributed by atoms with van der Waals surface area (Å²) >= 11 is 11.0. The van der Waals surface area contributed by atoms with Gasteiger partial charge in [-0.1, -0.05) is 64.4 Å². The summed E-state index contributed by atoms with van der Waals surface area (Å²) in [5, 5.41) is 6.21. The monoisotopic (exact) mass is 411 g/mol. The molecule has 2 aromatic rings. The fraction of sp³-hybridized carbons (Fsp3) is 0.294. The molecule has 6 heteroatoms. The lowest BCUT2D eigenvalue weighted by atomic mass is 10.3. The highest BCUT2D eigenvalue weighted by atomic mass is 79.9. The summed E-state index contributed by atoms with van der Waals surface area (Å²) in [4.78, 5) is 5.47. The van der Waals surface area contributed by atoms with Crippen molar-refractivity contribution in [2.45, 2.75) is 43.2 Å². The fourth-order valence-corrected chi connectivity index (χ4v) is 3.42. The van der Waals surface area contributed by atoms with Crippen LogP contribution < -0.4 is 0 Å². The van der Waals surface area contributed by atoms with Gasteiger partial charge < -0.3 is 0 Å². The van der Waals surface area contributed by atoms with E-state index in [1.165, 1.54) is 0 Å². The highest BCUT2D eigenvalue weighted by Crippen LogP contribution is 2.29. The van der Waals surface area contributed by atoms with Crippen molar-refractivity contribution in [3.63, 3.8) is 0 Å². The molecule has 0 saturated carbocycles. The van der Waals surface area contributed by atoms with Crippen LogP contribution in [0.25, 0.3) is 0 Å². The third-order valence-corrected chi connectivity index (χ3v) is 4.85. The SMILES string of the molecule is CC/C=C(Br)\C=C/Cc1nn(CC)cc1Sc1ccc(Cl)cn1. The largest absolute Gasteiger partial charge is 0.272 e. The summed E-state index contributed by atoms with van der Waals surface area (Å²) in [5.41, 5.74) is 1.06. The Kier molecular flexibility index (Phi) is 7.40. The summed E-state index contributed by atoms with van der Waals surface area (Å²) in [6.45, 7) is 5.05. The molecule has 2 rings (SSSR count). The number of hydrogen-bond donors (Lipinski definition) is 0. The van der Waals surface area contributed by atoms with Crippen LogP contribution in [0.4, 0.5) is 0 Å². The first-order valence-electron chi connectivity index (χ1n) is 7.50. The standard InChI is InChI=1S/C17H19BrClN3S/c1-3-6-13(18)7-5-8-15-16(12-22(4-2)21-15)23-17-10-9-14(19)11-20-17/h5-7,9-12H,3-4,8H2,1-2H3/b7-5-,13-6+. The van der Waals surface area contributed by atoms with Gasteiger partial charge in [-0.15, -0.1) is 0 Å². The average molecular weight is 413 g/mol. The number of hydrogen-bond acceptors (Lipinski definition) is 3. The lowest BCUT2D eigenvalue weighted by Gasteiger charge is -2.00. The van der Waals surface area contributed by atoms with Gasteiger partial charge >= 0.3 is 0 Å². The number of aryl methyl sites for hydroxylation is 1. The van der Waals surface area contributed by atoms with E-state index in [1.54, 1.807) is 18.0 Å². The molecule has 122 valence electrons. The van der Waals surface area contributed by atoms with Crippen LogP contribution in [0.15, 0.2) is 57.2 Å². The van der Waals surface area contributed by atoms with Crippen LogP contribution in [-0.4, -0.2) is 14.8 Å². The van der Waals surface area contributed by atoms with E-state index in [1.807, 2.05) is 16.8 Å². The van der Waals surface area contributed by atoms with Gasteiger partial charge in [0.25, 0.3) is 0 Å². The van der Waals surface area contributed by atoms with E-state index in [0.717, 1.165) is 39.5 Å². The first kappa shape index (κ1) is 18.3. The molecule has 2 heterocycles. The maximum absolute atomic E-state index is 5.89. The maximum Gasteiger partial charge on any atom is 0.101 e. The van der Waals surface area contributed by atoms with Crippen molar-refractivity contribution < 1.29 is 0 Å². The molecule has 0 aliphatic carbocycles. The van der Waals surface area contributed by atoms with Gasteiger partial charge in [0, 0.05) is 29.8 Å². The summed E-state index contributed by atoms with van der Waals surface area (Å²) in [6, 6.07) is 3.78. The minimum absolute atomic E-state index is 0.648. The number of rotatable bonds is 7. The molecule has 3 nitrogen and oxygen atoms in total. The molecule has 0 aliphatic heterocycles. The molecule has 0 unspecified atom stereocenters. The zero-order chi connectivity index (χ0) is 16.7. The second-order valence-corrected chi connectivity index (χ2v) is 7.23. The molecule has 0 aromatic carbocycles. The van der Waals surface area contributed by atoms with E-state index in [-0.39, 0.29) is 0 Å².